The summed E-state index contributed by atoms with van der Waals surface area (Å²) in [6.45, 7) is 0.184. The van der Waals surface area contributed by atoms with Crippen molar-refractivity contribution in [3.8, 4) is 11.8 Å². The van der Waals surface area contributed by atoms with Gasteiger partial charge in [0, 0.05) is 12.1 Å². The Labute approximate surface area is 143 Å². The lowest BCUT2D eigenvalue weighted by Gasteiger charge is -2.18. The minimum atomic E-state index is -2.93. The molecular formula is C15H20F2N6O2. The molecule has 136 valence electrons. The lowest BCUT2D eigenvalue weighted by Crippen LogP contribution is -2.28. The summed E-state index contributed by atoms with van der Waals surface area (Å²) in [7, 11) is 0. The van der Waals surface area contributed by atoms with Gasteiger partial charge in [-0.1, -0.05) is 0 Å². The fraction of sp³-hybridized carbons (Fsp3) is 0.533. The normalized spacial score (nSPS) is 21.0. The molecule has 0 radical (unpaired) electrons. The number of ether oxygens (including phenoxy) is 2. The maximum absolute atomic E-state index is 12.1. The minimum absolute atomic E-state index is 0.0766. The topological polar surface area (TPSA) is 97.0 Å². The van der Waals surface area contributed by atoms with Crippen LogP contribution in [0, 0.1) is 0 Å². The Hall–Kier alpha value is -2.49. The van der Waals surface area contributed by atoms with E-state index in [1.807, 2.05) is 0 Å². The van der Waals surface area contributed by atoms with Gasteiger partial charge in [-0.05, 0) is 32.7 Å². The Morgan fingerprint density at radius 2 is 2.20 bits per heavy atom. The Balaban J connectivity index is 1.62. The van der Waals surface area contributed by atoms with Gasteiger partial charge < -0.3 is 20.1 Å². The standard InChI is InChI=1S/C15H20F2N6O2/c1-9-5-10(3-2-4-19-9)24-14-8-18-7-12(21-14)20-11-6-13(23-22-11)25-15(16)17/h6-10,15,19H,2-5H2,1H3,(H2,20,21,22,23)/t9-,10+/m0/s1. The van der Waals surface area contributed by atoms with E-state index in [4.69, 9.17) is 4.74 Å². The highest BCUT2D eigenvalue weighted by atomic mass is 19.3. The van der Waals surface area contributed by atoms with Crippen molar-refractivity contribution in [2.75, 3.05) is 11.9 Å². The fourth-order valence-corrected chi connectivity index (χ4v) is 2.67. The molecule has 0 aliphatic carbocycles. The second kappa shape index (κ2) is 8.06. The van der Waals surface area contributed by atoms with Gasteiger partial charge in [0.05, 0.1) is 12.4 Å². The molecule has 3 rings (SSSR count). The monoisotopic (exact) mass is 354 g/mol. The Morgan fingerprint density at radius 3 is 3.04 bits per heavy atom. The number of halogens is 2. The van der Waals surface area contributed by atoms with Crippen molar-refractivity contribution in [2.45, 2.75) is 44.9 Å². The van der Waals surface area contributed by atoms with Crippen molar-refractivity contribution in [1.29, 1.82) is 0 Å². The molecule has 2 atom stereocenters. The van der Waals surface area contributed by atoms with Gasteiger partial charge in [-0.3, -0.25) is 10.1 Å². The molecule has 2 aromatic rings. The van der Waals surface area contributed by atoms with Crippen molar-refractivity contribution < 1.29 is 18.3 Å². The molecule has 3 heterocycles. The van der Waals surface area contributed by atoms with Crippen LogP contribution in [0.4, 0.5) is 20.4 Å². The summed E-state index contributed by atoms with van der Waals surface area (Å²) in [6, 6.07) is 1.69. The molecule has 10 heteroatoms. The number of H-pyrrole nitrogens is 1. The molecule has 2 aromatic heterocycles. The summed E-state index contributed by atoms with van der Waals surface area (Å²) in [6.07, 6.45) is 6.01. The van der Waals surface area contributed by atoms with Crippen LogP contribution in [-0.4, -0.2) is 45.5 Å². The molecule has 1 fully saturated rings. The van der Waals surface area contributed by atoms with E-state index in [0.717, 1.165) is 25.8 Å². The lowest BCUT2D eigenvalue weighted by atomic mass is 10.1. The molecule has 0 unspecified atom stereocenters. The van der Waals surface area contributed by atoms with E-state index in [9.17, 15) is 8.78 Å². The molecule has 25 heavy (non-hydrogen) atoms. The maximum atomic E-state index is 12.1. The molecule has 0 saturated carbocycles. The van der Waals surface area contributed by atoms with Gasteiger partial charge in [0.15, 0.2) is 5.82 Å². The van der Waals surface area contributed by atoms with Crippen molar-refractivity contribution in [3.63, 3.8) is 0 Å². The molecule has 1 saturated heterocycles. The fourth-order valence-electron chi connectivity index (χ4n) is 2.67. The van der Waals surface area contributed by atoms with E-state index in [1.54, 1.807) is 6.20 Å². The number of aromatic nitrogens is 4. The van der Waals surface area contributed by atoms with Crippen molar-refractivity contribution in [1.82, 2.24) is 25.5 Å². The summed E-state index contributed by atoms with van der Waals surface area (Å²) in [5.74, 6) is 0.962. The predicted octanol–water partition coefficient (Wildman–Crippen LogP) is 2.45. The summed E-state index contributed by atoms with van der Waals surface area (Å²) >= 11 is 0. The average molecular weight is 354 g/mol. The van der Waals surface area contributed by atoms with Crippen LogP contribution in [0.2, 0.25) is 0 Å². The van der Waals surface area contributed by atoms with Crippen LogP contribution in [0.15, 0.2) is 18.5 Å². The molecule has 0 aromatic carbocycles. The lowest BCUT2D eigenvalue weighted by molar-refractivity contribution is -0.0528. The van der Waals surface area contributed by atoms with Crippen LogP contribution in [0.25, 0.3) is 0 Å². The van der Waals surface area contributed by atoms with Crippen LogP contribution >= 0.6 is 0 Å². The average Bonchev–Trinajstić information content (AvgIpc) is 2.87. The van der Waals surface area contributed by atoms with Crippen LogP contribution < -0.4 is 20.1 Å². The van der Waals surface area contributed by atoms with E-state index in [0.29, 0.717) is 23.6 Å². The number of hydrogen-bond donors (Lipinski definition) is 3. The molecule has 0 bridgehead atoms. The van der Waals surface area contributed by atoms with Crippen molar-refractivity contribution in [3.05, 3.63) is 18.5 Å². The number of rotatable bonds is 6. The molecule has 0 amide bonds. The van der Waals surface area contributed by atoms with Crippen LogP contribution in [0.5, 0.6) is 11.8 Å². The molecule has 1 aliphatic heterocycles. The van der Waals surface area contributed by atoms with Gasteiger partial charge in [-0.2, -0.15) is 13.8 Å². The number of nitrogens with one attached hydrogen (secondary N) is 3. The highest BCUT2D eigenvalue weighted by Crippen LogP contribution is 2.21. The summed E-state index contributed by atoms with van der Waals surface area (Å²) in [5.41, 5.74) is 0. The number of alkyl halides is 2. The van der Waals surface area contributed by atoms with Gasteiger partial charge in [0.2, 0.25) is 11.8 Å². The molecular weight excluding hydrogens is 334 g/mol. The smallest absolute Gasteiger partial charge is 0.388 e. The third-order valence-electron chi connectivity index (χ3n) is 3.74. The zero-order valence-electron chi connectivity index (χ0n) is 13.7. The first-order valence-corrected chi connectivity index (χ1v) is 8.08. The van der Waals surface area contributed by atoms with Gasteiger partial charge in [0.25, 0.3) is 0 Å². The Morgan fingerprint density at radius 1 is 1.32 bits per heavy atom. The van der Waals surface area contributed by atoms with E-state index in [1.165, 1.54) is 12.3 Å². The van der Waals surface area contributed by atoms with Crippen molar-refractivity contribution in [2.24, 2.45) is 0 Å². The summed E-state index contributed by atoms with van der Waals surface area (Å²) in [4.78, 5) is 8.43. The summed E-state index contributed by atoms with van der Waals surface area (Å²) in [5, 5.41) is 12.5. The second-order valence-corrected chi connectivity index (χ2v) is 5.84. The predicted molar refractivity (Wildman–Crippen MR) is 86.3 cm³/mol. The zero-order valence-corrected chi connectivity index (χ0v) is 13.7. The summed E-state index contributed by atoms with van der Waals surface area (Å²) < 4.78 is 34.4. The first kappa shape index (κ1) is 17.3. The van der Waals surface area contributed by atoms with Crippen molar-refractivity contribution >= 4 is 11.6 Å². The Bertz CT molecular complexity index is 684. The van der Waals surface area contributed by atoms with Gasteiger partial charge in [0.1, 0.15) is 11.9 Å². The third-order valence-corrected chi connectivity index (χ3v) is 3.74. The number of hydrogen-bond acceptors (Lipinski definition) is 7. The first-order chi connectivity index (χ1) is 12.1. The number of anilines is 2. The molecule has 8 nitrogen and oxygen atoms in total. The highest BCUT2D eigenvalue weighted by Gasteiger charge is 2.19. The van der Waals surface area contributed by atoms with Crippen LogP contribution in [0.3, 0.4) is 0 Å². The highest BCUT2D eigenvalue weighted by molar-refractivity contribution is 5.51. The molecule has 1 aliphatic rings. The third kappa shape index (κ3) is 5.24. The molecule has 0 spiro atoms. The van der Waals surface area contributed by atoms with Crippen LogP contribution in [0.1, 0.15) is 26.2 Å². The number of nitrogens with zero attached hydrogens (tertiary/aromatic N) is 3. The maximum Gasteiger partial charge on any atom is 0.388 e. The van der Waals surface area contributed by atoms with Gasteiger partial charge in [-0.15, -0.1) is 5.10 Å². The van der Waals surface area contributed by atoms with Gasteiger partial charge >= 0.3 is 6.61 Å². The van der Waals surface area contributed by atoms with E-state index < -0.39 is 6.61 Å². The van der Waals surface area contributed by atoms with E-state index in [2.05, 4.69) is 42.5 Å². The SMILES string of the molecule is C[C@H]1C[C@H](Oc2cncc(Nc3cc(OC(F)F)n[nH]3)n2)CCCN1. The largest absolute Gasteiger partial charge is 0.473 e. The van der Waals surface area contributed by atoms with E-state index >= 15 is 0 Å². The van der Waals surface area contributed by atoms with Crippen LogP contribution in [-0.2, 0) is 0 Å². The minimum Gasteiger partial charge on any atom is -0.473 e. The second-order valence-electron chi connectivity index (χ2n) is 5.84. The zero-order chi connectivity index (χ0) is 17.6. The quantitative estimate of drug-likeness (QED) is 0.733. The first-order valence-electron chi connectivity index (χ1n) is 8.08. The molecule has 3 N–H and O–H groups in total. The Kier molecular flexibility index (Phi) is 5.59. The van der Waals surface area contributed by atoms with E-state index in [-0.39, 0.29) is 12.0 Å². The van der Waals surface area contributed by atoms with Gasteiger partial charge in [-0.25, -0.2) is 0 Å². The number of aromatic amines is 1.